The molecule has 1 atom stereocenters. The number of aromatic hydroxyl groups is 1. The van der Waals surface area contributed by atoms with Crippen molar-refractivity contribution in [3.8, 4) is 11.6 Å². The van der Waals surface area contributed by atoms with Crippen LogP contribution >= 0.6 is 11.1 Å². The molecule has 8 nitrogen and oxygen atoms in total. The van der Waals surface area contributed by atoms with Crippen LogP contribution in [0.4, 0.5) is 11.5 Å². The zero-order valence-electron chi connectivity index (χ0n) is 10.5. The molecule has 2 aromatic rings. The van der Waals surface area contributed by atoms with E-state index < -0.39 is 17.0 Å². The minimum atomic E-state index is -1.76. The average molecular weight is 296 g/mol. The summed E-state index contributed by atoms with van der Waals surface area (Å²) >= 11 is -1.76. The van der Waals surface area contributed by atoms with Crippen molar-refractivity contribution in [1.82, 2.24) is 8.75 Å². The fourth-order valence-corrected chi connectivity index (χ4v) is 2.13. The van der Waals surface area contributed by atoms with E-state index in [0.29, 0.717) is 6.61 Å². The lowest BCUT2D eigenvalue weighted by Gasteiger charge is -2.08. The molecule has 0 aliphatic carbocycles. The van der Waals surface area contributed by atoms with Crippen LogP contribution < -0.4 is 15.8 Å². The number of ether oxygens (including phenoxy) is 1. The number of nitrogens with two attached hydrogens (primary N) is 1. The zero-order valence-corrected chi connectivity index (χ0v) is 11.3. The van der Waals surface area contributed by atoms with E-state index in [1.165, 1.54) is 18.2 Å². The van der Waals surface area contributed by atoms with Crippen molar-refractivity contribution in [2.45, 2.75) is 6.92 Å². The Morgan fingerprint density at radius 2 is 2.30 bits per heavy atom. The van der Waals surface area contributed by atoms with Crippen molar-refractivity contribution in [3.05, 3.63) is 23.8 Å². The molecule has 0 fully saturated rings. The van der Waals surface area contributed by atoms with Crippen LogP contribution in [0.15, 0.2) is 18.2 Å². The SMILES string of the molecule is CCOc1n[s+]([O-])nc1Nc1cccc(C(N)=O)c1O. The van der Waals surface area contributed by atoms with Crippen molar-refractivity contribution in [2.75, 3.05) is 11.9 Å². The number of aromatic nitrogens is 2. The Labute approximate surface area is 117 Å². The third kappa shape index (κ3) is 2.78. The van der Waals surface area contributed by atoms with Gasteiger partial charge >= 0.3 is 5.88 Å². The molecule has 1 unspecified atom stereocenters. The van der Waals surface area contributed by atoms with Gasteiger partial charge in [-0.15, -0.1) is 0 Å². The van der Waals surface area contributed by atoms with Crippen LogP contribution in [0.5, 0.6) is 11.6 Å². The van der Waals surface area contributed by atoms with Crippen LogP contribution in [0.3, 0.4) is 0 Å². The van der Waals surface area contributed by atoms with Gasteiger partial charge in [-0.25, -0.2) is 0 Å². The lowest BCUT2D eigenvalue weighted by atomic mass is 10.1. The Morgan fingerprint density at radius 3 is 2.95 bits per heavy atom. The van der Waals surface area contributed by atoms with Gasteiger partial charge in [-0.05, 0) is 19.1 Å². The third-order valence-corrected chi connectivity index (χ3v) is 3.03. The van der Waals surface area contributed by atoms with Gasteiger partial charge in [0.25, 0.3) is 11.7 Å². The number of carbonyl (C=O) groups excluding carboxylic acids is 1. The number of anilines is 2. The van der Waals surface area contributed by atoms with E-state index in [1.54, 1.807) is 6.92 Å². The smallest absolute Gasteiger partial charge is 0.318 e. The van der Waals surface area contributed by atoms with E-state index >= 15 is 0 Å². The number of para-hydroxylation sites is 1. The second-order valence-corrected chi connectivity index (χ2v) is 4.52. The first-order valence-electron chi connectivity index (χ1n) is 5.64. The van der Waals surface area contributed by atoms with Gasteiger partial charge in [0.05, 0.1) is 17.9 Å². The number of nitrogens with one attached hydrogen (secondary N) is 1. The van der Waals surface area contributed by atoms with Gasteiger partial charge < -0.3 is 25.4 Å². The van der Waals surface area contributed by atoms with Gasteiger partial charge in [0.1, 0.15) is 0 Å². The normalized spacial score (nSPS) is 11.2. The Bertz CT molecular complexity index is 643. The molecule has 20 heavy (non-hydrogen) atoms. The summed E-state index contributed by atoms with van der Waals surface area (Å²) in [6.45, 7) is 2.07. The van der Waals surface area contributed by atoms with Crippen LogP contribution in [-0.2, 0) is 0 Å². The molecule has 1 aromatic heterocycles. The minimum absolute atomic E-state index is 0.0374. The number of rotatable bonds is 5. The summed E-state index contributed by atoms with van der Waals surface area (Å²) in [7, 11) is 0. The summed E-state index contributed by atoms with van der Waals surface area (Å²) in [6.07, 6.45) is 0. The van der Waals surface area contributed by atoms with Gasteiger partial charge in [-0.2, -0.15) is 0 Å². The summed E-state index contributed by atoms with van der Waals surface area (Å²) < 4.78 is 23.8. The molecule has 4 N–H and O–H groups in total. The van der Waals surface area contributed by atoms with Crippen molar-refractivity contribution in [1.29, 1.82) is 0 Å². The predicted octanol–water partition coefficient (Wildman–Crippen LogP) is 1.15. The van der Waals surface area contributed by atoms with E-state index in [0.717, 1.165) is 0 Å². The number of nitrogens with zero attached hydrogens (tertiary/aromatic N) is 2. The van der Waals surface area contributed by atoms with Gasteiger partial charge in [0.2, 0.25) is 0 Å². The number of primary amides is 1. The zero-order chi connectivity index (χ0) is 14.7. The summed E-state index contributed by atoms with van der Waals surface area (Å²) in [5, 5.41) is 12.6. The average Bonchev–Trinajstić information content (AvgIpc) is 2.72. The molecule has 0 aliphatic rings. The number of benzene rings is 1. The molecular weight excluding hydrogens is 284 g/mol. The largest absolute Gasteiger partial charge is 0.546 e. The standard InChI is InChI=1S/C11H12N4O4S/c1-2-19-11-10(14-20(18)15-11)13-7-5-3-4-6(8(7)16)9(12)17/h3-5,16H,2H2,1H3,(H2,12,17)(H,13,14). The molecule has 0 bridgehead atoms. The second kappa shape index (κ2) is 5.72. The fourth-order valence-electron chi connectivity index (χ4n) is 1.53. The predicted molar refractivity (Wildman–Crippen MR) is 71.8 cm³/mol. The molecule has 2 rings (SSSR count). The number of hydrogen-bond acceptors (Lipinski definition) is 7. The molecule has 1 amide bonds. The van der Waals surface area contributed by atoms with Gasteiger partial charge in [-0.3, -0.25) is 4.79 Å². The quantitative estimate of drug-likeness (QED) is 0.556. The monoisotopic (exact) mass is 296 g/mol. The summed E-state index contributed by atoms with van der Waals surface area (Å²) in [4.78, 5) is 11.1. The van der Waals surface area contributed by atoms with Crippen LogP contribution in [0.1, 0.15) is 17.3 Å². The highest BCUT2D eigenvalue weighted by atomic mass is 32.2. The molecular formula is C11H12N4O4S. The first-order valence-corrected chi connectivity index (χ1v) is 6.70. The maximum absolute atomic E-state index is 11.3. The molecule has 1 heterocycles. The highest BCUT2D eigenvalue weighted by Crippen LogP contribution is 2.33. The first kappa shape index (κ1) is 14.0. The molecule has 9 heteroatoms. The Kier molecular flexibility index (Phi) is 4.01. The second-order valence-electron chi connectivity index (χ2n) is 3.69. The highest BCUT2D eigenvalue weighted by molar-refractivity contribution is 7.14. The molecule has 0 aliphatic heterocycles. The maximum atomic E-state index is 11.3. The van der Waals surface area contributed by atoms with E-state index in [1.807, 2.05) is 0 Å². The number of carbonyl (C=O) groups is 1. The van der Waals surface area contributed by atoms with Crippen molar-refractivity contribution in [3.63, 3.8) is 0 Å². The van der Waals surface area contributed by atoms with Crippen LogP contribution in [0, 0.1) is 0 Å². The van der Waals surface area contributed by atoms with E-state index in [4.69, 9.17) is 10.5 Å². The molecule has 0 spiro atoms. The van der Waals surface area contributed by atoms with Gasteiger partial charge in [0.15, 0.2) is 16.9 Å². The highest BCUT2D eigenvalue weighted by Gasteiger charge is 2.19. The van der Waals surface area contributed by atoms with E-state index in [2.05, 4.69) is 14.1 Å². The fraction of sp³-hybridized carbons (Fsp3) is 0.182. The van der Waals surface area contributed by atoms with Crippen molar-refractivity contribution in [2.24, 2.45) is 5.73 Å². The van der Waals surface area contributed by atoms with Crippen molar-refractivity contribution < 1.29 is 19.2 Å². The third-order valence-electron chi connectivity index (χ3n) is 2.37. The first-order chi connectivity index (χ1) is 9.52. The minimum Gasteiger partial charge on any atom is -0.546 e. The topological polar surface area (TPSA) is 133 Å². The Hall–Kier alpha value is -2.39. The molecule has 0 saturated heterocycles. The van der Waals surface area contributed by atoms with E-state index in [9.17, 15) is 14.5 Å². The van der Waals surface area contributed by atoms with Crippen LogP contribution in [0.2, 0.25) is 0 Å². The van der Waals surface area contributed by atoms with Crippen LogP contribution in [-0.4, -0.2) is 30.9 Å². The number of amides is 1. The Morgan fingerprint density at radius 1 is 1.55 bits per heavy atom. The van der Waals surface area contributed by atoms with Crippen molar-refractivity contribution >= 4 is 28.6 Å². The lowest BCUT2D eigenvalue weighted by Crippen LogP contribution is -2.11. The van der Waals surface area contributed by atoms with Crippen LogP contribution in [0.25, 0.3) is 0 Å². The summed E-state index contributed by atoms with van der Waals surface area (Å²) in [6, 6.07) is 4.43. The van der Waals surface area contributed by atoms with E-state index in [-0.39, 0.29) is 28.7 Å². The maximum Gasteiger partial charge on any atom is 0.318 e. The molecule has 106 valence electrons. The lowest BCUT2D eigenvalue weighted by molar-refractivity contribution is 0.0998. The summed E-state index contributed by atoms with van der Waals surface area (Å²) in [5.41, 5.74) is 5.28. The molecule has 0 radical (unpaired) electrons. The molecule has 1 aromatic carbocycles. The van der Waals surface area contributed by atoms with Gasteiger partial charge in [-0.1, -0.05) is 6.07 Å². The van der Waals surface area contributed by atoms with Gasteiger partial charge in [0, 0.05) is 8.75 Å². The number of hydrogen-bond donors (Lipinski definition) is 3. The molecule has 0 saturated carbocycles. The Balaban J connectivity index is 2.35. The summed E-state index contributed by atoms with van der Waals surface area (Å²) in [5.74, 6) is -0.894. The number of phenols is 1.